The van der Waals surface area contributed by atoms with Crippen LogP contribution in [-0.4, -0.2) is 0 Å². The van der Waals surface area contributed by atoms with E-state index < -0.39 is 0 Å². The highest BCUT2D eigenvalue weighted by molar-refractivity contribution is 6.20. The van der Waals surface area contributed by atoms with Gasteiger partial charge in [0.2, 0.25) is 0 Å². The van der Waals surface area contributed by atoms with Gasteiger partial charge in [-0.2, -0.15) is 0 Å². The largest absolute Gasteiger partial charge is 0.0683 e. The Morgan fingerprint density at radius 3 is 0.839 bits per heavy atom. The molecule has 124 heavy (non-hydrogen) atoms. The average molecular weight is 1620 g/mol. The Hall–Kier alpha value is -12.5. The molecule has 0 heterocycles. The van der Waals surface area contributed by atoms with Crippen LogP contribution >= 0.6 is 0 Å². The van der Waals surface area contributed by atoms with Gasteiger partial charge in [-0.3, -0.25) is 0 Å². The van der Waals surface area contributed by atoms with Gasteiger partial charge in [-0.25, -0.2) is 0 Å². The Kier molecular flexibility index (Phi) is 27.1. The van der Waals surface area contributed by atoms with Crippen LogP contribution in [0.1, 0.15) is 211 Å². The molecular weight excluding hydrogens is 1490 g/mol. The van der Waals surface area contributed by atoms with Crippen LogP contribution in [0.4, 0.5) is 0 Å². The number of fused-ring (bicyclic) bond motifs is 32. The summed E-state index contributed by atoms with van der Waals surface area (Å²) >= 11 is 0. The molecule has 624 valence electrons. The van der Waals surface area contributed by atoms with E-state index in [-0.39, 0.29) is 21.7 Å². The molecule has 0 aromatic heterocycles. The molecule has 0 aliphatic heterocycles. The summed E-state index contributed by atoms with van der Waals surface area (Å²) in [5.74, 6) is 0. The summed E-state index contributed by atoms with van der Waals surface area (Å²) in [7, 11) is 0. The van der Waals surface area contributed by atoms with Crippen molar-refractivity contribution in [2.45, 2.75) is 188 Å². The molecule has 0 atom stereocenters. The molecule has 4 aliphatic carbocycles. The first kappa shape index (κ1) is 89.3. The van der Waals surface area contributed by atoms with Crippen molar-refractivity contribution >= 4 is 129 Å². The molecule has 20 aromatic rings. The maximum Gasteiger partial charge on any atom is 0.0165 e. The van der Waals surface area contributed by atoms with Gasteiger partial charge in [-0.1, -0.05) is 445 Å². The second-order valence-electron chi connectivity index (χ2n) is 33.0. The smallest absolute Gasteiger partial charge is 0.0165 e. The highest BCUT2D eigenvalue weighted by Crippen LogP contribution is 2.59. The minimum absolute atomic E-state index is 0.00331. The molecule has 0 saturated heterocycles. The summed E-state index contributed by atoms with van der Waals surface area (Å²) in [6.07, 6.45) is 0. The number of rotatable bonds is 0. The second-order valence-corrected chi connectivity index (χ2v) is 33.0. The molecule has 4 aliphatic rings. The van der Waals surface area contributed by atoms with E-state index in [2.05, 4.69) is 395 Å². The summed E-state index contributed by atoms with van der Waals surface area (Å²) in [5, 5.41) is 32.2. The van der Waals surface area contributed by atoms with Crippen molar-refractivity contribution in [3.63, 3.8) is 0 Å². The Morgan fingerprint density at radius 2 is 0.379 bits per heavy atom. The van der Waals surface area contributed by atoms with Crippen molar-refractivity contribution in [3.8, 4) is 44.5 Å². The third-order valence-electron chi connectivity index (χ3n) is 25.6. The normalized spacial score (nSPS) is 13.1. The van der Waals surface area contributed by atoms with Crippen LogP contribution in [0.5, 0.6) is 0 Å². The van der Waals surface area contributed by atoms with Crippen molar-refractivity contribution in [2.75, 3.05) is 0 Å². The van der Waals surface area contributed by atoms with Crippen LogP contribution in [0.25, 0.3) is 174 Å². The van der Waals surface area contributed by atoms with Crippen LogP contribution in [0.2, 0.25) is 0 Å². The predicted octanol–water partition coefficient (Wildman–Crippen LogP) is 38.0. The molecule has 0 unspecified atom stereocenters. The minimum atomic E-state index is -0.0155. The lowest BCUT2D eigenvalue weighted by atomic mass is 9.79. The van der Waals surface area contributed by atoms with Crippen LogP contribution < -0.4 is 0 Å². The third kappa shape index (κ3) is 15.2. The monoisotopic (exact) mass is 1620 g/mol. The molecule has 24 rings (SSSR count). The van der Waals surface area contributed by atoms with E-state index in [4.69, 9.17) is 0 Å². The zero-order chi connectivity index (χ0) is 88.7. The Morgan fingerprint density at radius 1 is 0.137 bits per heavy atom. The third-order valence-corrected chi connectivity index (χ3v) is 25.6. The molecule has 0 heteroatoms. The lowest BCUT2D eigenvalue weighted by Gasteiger charge is -2.24. The topological polar surface area (TPSA) is 0 Å². The van der Waals surface area contributed by atoms with E-state index in [1.165, 1.54) is 218 Å². The first-order chi connectivity index (χ1) is 60.6. The maximum atomic E-state index is 2.44. The van der Waals surface area contributed by atoms with Crippen LogP contribution in [0, 0.1) is 0 Å². The van der Waals surface area contributed by atoms with Gasteiger partial charge in [-0.15, -0.1) is 0 Å². The van der Waals surface area contributed by atoms with Gasteiger partial charge in [0.25, 0.3) is 0 Å². The van der Waals surface area contributed by atoms with E-state index in [0.717, 1.165) is 0 Å². The number of benzene rings is 20. The Labute approximate surface area is 740 Å². The van der Waals surface area contributed by atoms with Crippen molar-refractivity contribution in [1.29, 1.82) is 0 Å². The summed E-state index contributed by atoms with van der Waals surface area (Å²) in [6.45, 7) is 51.0. The second kappa shape index (κ2) is 37.7. The summed E-state index contributed by atoms with van der Waals surface area (Å²) < 4.78 is 0. The first-order valence-corrected chi connectivity index (χ1v) is 46.5. The Balaban J connectivity index is 0.000000135. The maximum absolute atomic E-state index is 2.44. The molecule has 0 amide bonds. The molecule has 0 N–H and O–H groups in total. The zero-order valence-electron chi connectivity index (χ0n) is 78.3. The van der Waals surface area contributed by atoms with Crippen molar-refractivity contribution in [3.05, 3.63) is 384 Å². The standard InChI is InChI=1S/4C27H20.8C2H6/c1-27(2)24-16-18-10-4-3-9-17(18)15-23(24)25-21-13-7-5-11-19(21)20-12-6-8-14-22(20)26(25)27;1-27(2)25-15-19-9-4-3-8-18(19)13-23(25)24-14-20-12-11-17-7-5-6-10-21(17)22(20)16-26(24)27;1-27(2)24-16-20-9-4-3-8-19(20)15-23(24)22-14-13-18-12-11-17-7-5-6-10-21(17)25(18)26(22)27;1-27(2)25-16-19-9-4-3-8-18(19)15-24(25)23-14-13-21-20-10-6-5-7-17(20)11-12-22(21)26(23)27;8*1-2/h4*3-16H,1-2H3;8*1-2H3. The summed E-state index contributed by atoms with van der Waals surface area (Å²) in [4.78, 5) is 0. The SMILES string of the molecule is CC.CC.CC.CC.CC.CC.CC.CC.CC1(C)c2cc3ccccc3cc2-c2c1c1ccccc1c1ccccc21.CC1(C)c2cc3ccccc3cc2-c2cc3ccc4ccccc4c3cc21.CC1(C)c2cc3ccccc3cc2-c2ccc3c(ccc4ccccc43)c21.CC1(C)c2cc3ccccc3cc2-c2ccc3ccc4ccccc4c3c21. The van der Waals surface area contributed by atoms with Gasteiger partial charge in [0.1, 0.15) is 0 Å². The lowest BCUT2D eigenvalue weighted by molar-refractivity contribution is 0.662. The van der Waals surface area contributed by atoms with Crippen LogP contribution in [-0.2, 0) is 21.7 Å². The molecule has 0 nitrogen and oxygen atoms in total. The zero-order valence-corrected chi connectivity index (χ0v) is 78.3. The van der Waals surface area contributed by atoms with Gasteiger partial charge in [-0.05, 0) is 279 Å². The van der Waals surface area contributed by atoms with Crippen LogP contribution in [0.3, 0.4) is 0 Å². The number of hydrogen-bond donors (Lipinski definition) is 0. The first-order valence-electron chi connectivity index (χ1n) is 46.5. The van der Waals surface area contributed by atoms with E-state index in [1.807, 2.05) is 111 Å². The predicted molar refractivity (Wildman–Crippen MR) is 557 cm³/mol. The molecule has 0 radical (unpaired) electrons. The van der Waals surface area contributed by atoms with Crippen LogP contribution in [0.15, 0.2) is 340 Å². The summed E-state index contributed by atoms with van der Waals surface area (Å²) in [5.41, 5.74) is 22.8. The van der Waals surface area contributed by atoms with Gasteiger partial charge < -0.3 is 0 Å². The fourth-order valence-electron chi connectivity index (χ4n) is 20.3. The fraction of sp³-hybridized carbons (Fsp3) is 0.226. The van der Waals surface area contributed by atoms with Gasteiger partial charge in [0.15, 0.2) is 0 Å². The van der Waals surface area contributed by atoms with Crippen molar-refractivity contribution in [2.24, 2.45) is 0 Å². The van der Waals surface area contributed by atoms with Crippen molar-refractivity contribution in [1.82, 2.24) is 0 Å². The quantitative estimate of drug-likeness (QED) is 0.133. The Bertz CT molecular complexity index is 7220. The molecule has 0 spiro atoms. The number of hydrogen-bond acceptors (Lipinski definition) is 0. The molecule has 0 bridgehead atoms. The van der Waals surface area contributed by atoms with E-state index >= 15 is 0 Å². The molecule has 0 saturated carbocycles. The average Bonchev–Trinajstić information content (AvgIpc) is 1.56. The van der Waals surface area contributed by atoms with E-state index in [9.17, 15) is 0 Å². The minimum Gasteiger partial charge on any atom is -0.0683 e. The molecule has 0 fully saturated rings. The molecular formula is C124H128. The highest BCUT2D eigenvalue weighted by Gasteiger charge is 2.42. The van der Waals surface area contributed by atoms with Gasteiger partial charge in [0, 0.05) is 21.7 Å². The highest BCUT2D eigenvalue weighted by atomic mass is 14.4. The van der Waals surface area contributed by atoms with E-state index in [0.29, 0.717) is 0 Å². The fourth-order valence-corrected chi connectivity index (χ4v) is 20.3. The van der Waals surface area contributed by atoms with Crippen molar-refractivity contribution < 1.29 is 0 Å². The summed E-state index contributed by atoms with van der Waals surface area (Å²) in [6, 6.07) is 126. The lowest BCUT2D eigenvalue weighted by Crippen LogP contribution is -2.15. The van der Waals surface area contributed by atoms with E-state index in [1.54, 1.807) is 0 Å². The van der Waals surface area contributed by atoms with Gasteiger partial charge in [0.05, 0.1) is 0 Å². The molecule has 20 aromatic carbocycles. The van der Waals surface area contributed by atoms with Gasteiger partial charge >= 0.3 is 0 Å².